The molecule has 1 saturated heterocycles. The predicted molar refractivity (Wildman–Crippen MR) is 126 cm³/mol. The fourth-order valence-corrected chi connectivity index (χ4v) is 5.28. The highest BCUT2D eigenvalue weighted by Gasteiger charge is 2.53. The topological polar surface area (TPSA) is 56.0 Å². The number of hydrogen-bond acceptors (Lipinski definition) is 5. The molecule has 2 heterocycles. The van der Waals surface area contributed by atoms with Crippen molar-refractivity contribution in [2.45, 2.75) is 29.7 Å². The molecule has 2 aromatic rings. The smallest absolute Gasteiger partial charge is 0.269 e. The highest BCUT2D eigenvalue weighted by atomic mass is 32.2. The van der Waals surface area contributed by atoms with Crippen molar-refractivity contribution in [3.05, 3.63) is 59.7 Å². The summed E-state index contributed by atoms with van der Waals surface area (Å²) in [6.07, 6.45) is 0. The van der Waals surface area contributed by atoms with Gasteiger partial charge in [-0.15, -0.1) is 11.8 Å². The monoisotopic (exact) mass is 453 g/mol. The van der Waals surface area contributed by atoms with E-state index in [0.29, 0.717) is 12.4 Å². The lowest BCUT2D eigenvalue weighted by atomic mass is 10.1. The van der Waals surface area contributed by atoms with Crippen LogP contribution in [-0.4, -0.2) is 69.8 Å². The first kappa shape index (κ1) is 21.6. The predicted octanol–water partition coefficient (Wildman–Crippen LogP) is 3.86. The summed E-state index contributed by atoms with van der Waals surface area (Å²) in [5.74, 6) is 1.07. The number of aryl methyl sites for hydroxylation is 2. The molecule has 1 fully saturated rings. The summed E-state index contributed by atoms with van der Waals surface area (Å²) in [6, 6.07) is 15.7. The molecule has 8 heteroatoms. The van der Waals surface area contributed by atoms with Crippen LogP contribution >= 0.6 is 23.5 Å². The largest absolute Gasteiger partial charge is 0.362 e. The van der Waals surface area contributed by atoms with Crippen LogP contribution in [0.3, 0.4) is 0 Å². The van der Waals surface area contributed by atoms with Crippen molar-refractivity contribution in [1.29, 1.82) is 0 Å². The summed E-state index contributed by atoms with van der Waals surface area (Å²) in [5, 5.41) is 0.747. The van der Waals surface area contributed by atoms with Gasteiger partial charge in [-0.05, 0) is 43.1 Å². The second-order valence-corrected chi connectivity index (χ2v) is 9.87. The van der Waals surface area contributed by atoms with E-state index in [1.165, 1.54) is 44.6 Å². The number of aliphatic imine (C=N–C) groups is 1. The summed E-state index contributed by atoms with van der Waals surface area (Å²) >= 11 is 3.27. The Balaban J connectivity index is 1.60. The molecule has 160 valence electrons. The third kappa shape index (κ3) is 4.41. The number of fused-ring (bicyclic) bond motifs is 1. The lowest BCUT2D eigenvalue weighted by Gasteiger charge is -2.30. The van der Waals surface area contributed by atoms with Gasteiger partial charge in [0.15, 0.2) is 0 Å². The number of imide groups is 1. The average molecular weight is 454 g/mol. The minimum Gasteiger partial charge on any atom is -0.269 e. The first-order chi connectivity index (χ1) is 14.8. The van der Waals surface area contributed by atoms with Gasteiger partial charge in [-0.1, -0.05) is 35.4 Å². The molecule has 0 spiro atoms. The molecule has 0 radical (unpaired) electrons. The zero-order valence-electron chi connectivity index (χ0n) is 18.0. The molecule has 1 atom stereocenters. The maximum atomic E-state index is 13.0. The van der Waals surface area contributed by atoms with Crippen LogP contribution in [0.1, 0.15) is 11.1 Å². The maximum absolute atomic E-state index is 13.0. The van der Waals surface area contributed by atoms with Gasteiger partial charge in [-0.25, -0.2) is 9.37 Å². The number of benzene rings is 2. The summed E-state index contributed by atoms with van der Waals surface area (Å²) < 4.78 is 2.03. The molecule has 0 aromatic heterocycles. The van der Waals surface area contributed by atoms with Crippen LogP contribution in [0.4, 0.5) is 4.79 Å². The molecule has 31 heavy (non-hydrogen) atoms. The van der Waals surface area contributed by atoms with Gasteiger partial charge >= 0.3 is 11.2 Å². The number of amides is 3. The second kappa shape index (κ2) is 8.88. The van der Waals surface area contributed by atoms with E-state index in [4.69, 9.17) is 4.99 Å². The fourth-order valence-electron chi connectivity index (χ4n) is 3.49. The Morgan fingerprint density at radius 3 is 2.10 bits per heavy atom. The maximum Gasteiger partial charge on any atom is 0.362 e. The van der Waals surface area contributed by atoms with Crippen molar-refractivity contribution >= 4 is 46.5 Å². The van der Waals surface area contributed by atoms with Crippen molar-refractivity contribution in [3.8, 4) is 0 Å². The standard InChI is InChI=1S/C23H25N4O2S2/c1-15-5-9-17(10-6-15)30-14-13-27-19-20(25(3)23(29)26(4)21(19)28)24-22(27)31-18-11-7-16(2)8-12-18/h5-12,19H,13-14H2,1-4H3/q+1. The van der Waals surface area contributed by atoms with E-state index in [1.807, 2.05) is 4.58 Å². The molecule has 2 aliphatic rings. The molecule has 6 nitrogen and oxygen atoms in total. The third-order valence-corrected chi connectivity index (χ3v) is 7.35. The van der Waals surface area contributed by atoms with Gasteiger partial charge in [-0.2, -0.15) is 0 Å². The van der Waals surface area contributed by atoms with Gasteiger partial charge in [0.2, 0.25) is 0 Å². The quantitative estimate of drug-likeness (QED) is 0.510. The van der Waals surface area contributed by atoms with E-state index in [0.717, 1.165) is 15.8 Å². The van der Waals surface area contributed by atoms with Crippen LogP contribution < -0.4 is 0 Å². The van der Waals surface area contributed by atoms with Crippen molar-refractivity contribution in [3.63, 3.8) is 0 Å². The van der Waals surface area contributed by atoms with Crippen LogP contribution in [-0.2, 0) is 4.79 Å². The van der Waals surface area contributed by atoms with E-state index >= 15 is 0 Å². The number of likely N-dealkylation sites (N-methyl/N-ethyl adjacent to an activating group) is 2. The van der Waals surface area contributed by atoms with Gasteiger partial charge < -0.3 is 0 Å². The Morgan fingerprint density at radius 2 is 1.48 bits per heavy atom. The first-order valence-electron chi connectivity index (χ1n) is 10.1. The van der Waals surface area contributed by atoms with E-state index in [1.54, 1.807) is 18.8 Å². The van der Waals surface area contributed by atoms with Crippen LogP contribution in [0.5, 0.6) is 0 Å². The van der Waals surface area contributed by atoms with Crippen molar-refractivity contribution in [2.24, 2.45) is 4.99 Å². The summed E-state index contributed by atoms with van der Waals surface area (Å²) in [5.41, 5.74) is 2.42. The number of rotatable bonds is 5. The number of carbonyl (C=O) groups excluding carboxylic acids is 2. The molecule has 0 saturated carbocycles. The summed E-state index contributed by atoms with van der Waals surface area (Å²) in [7, 11) is 3.21. The number of hydrogen-bond donors (Lipinski definition) is 0. The number of urea groups is 1. The van der Waals surface area contributed by atoms with Crippen LogP contribution in [0.25, 0.3) is 0 Å². The van der Waals surface area contributed by atoms with E-state index in [-0.39, 0.29) is 11.9 Å². The summed E-state index contributed by atoms with van der Waals surface area (Å²) in [6.45, 7) is 4.77. The van der Waals surface area contributed by atoms with Crippen molar-refractivity contribution in [2.75, 3.05) is 26.4 Å². The molecular formula is C23H25N4O2S2+. The Labute approximate surface area is 191 Å². The van der Waals surface area contributed by atoms with Gasteiger partial charge in [-0.3, -0.25) is 14.6 Å². The number of thioether (sulfide) groups is 2. The number of nitrogens with zero attached hydrogens (tertiary/aromatic N) is 4. The first-order valence-corrected chi connectivity index (χ1v) is 11.9. The Hall–Kier alpha value is -2.58. The van der Waals surface area contributed by atoms with Crippen molar-refractivity contribution < 1.29 is 14.2 Å². The fraction of sp³-hybridized carbons (Fsp3) is 0.304. The molecule has 1 unspecified atom stereocenters. The van der Waals surface area contributed by atoms with Crippen LogP contribution in [0.15, 0.2) is 63.3 Å². The highest BCUT2D eigenvalue weighted by molar-refractivity contribution is 8.13. The molecular weight excluding hydrogens is 428 g/mol. The van der Waals surface area contributed by atoms with Crippen LogP contribution in [0.2, 0.25) is 0 Å². The van der Waals surface area contributed by atoms with Gasteiger partial charge in [0.25, 0.3) is 17.8 Å². The lowest BCUT2D eigenvalue weighted by molar-refractivity contribution is -0.528. The molecule has 0 bridgehead atoms. The van der Waals surface area contributed by atoms with E-state index < -0.39 is 6.04 Å². The minimum atomic E-state index is -0.570. The molecule has 2 aliphatic heterocycles. The Kier molecular flexibility index (Phi) is 6.20. The molecule has 4 rings (SSSR count). The molecule has 0 aliphatic carbocycles. The van der Waals surface area contributed by atoms with Crippen LogP contribution in [0, 0.1) is 13.8 Å². The molecule has 3 amide bonds. The lowest BCUT2D eigenvalue weighted by Crippen LogP contribution is -2.61. The minimum absolute atomic E-state index is 0.235. The Morgan fingerprint density at radius 1 is 0.903 bits per heavy atom. The average Bonchev–Trinajstić information content (AvgIpc) is 3.12. The Bertz CT molecular complexity index is 1080. The number of carbonyl (C=O) groups is 2. The summed E-state index contributed by atoms with van der Waals surface area (Å²) in [4.78, 5) is 35.1. The third-order valence-electron chi connectivity index (χ3n) is 5.35. The zero-order chi connectivity index (χ0) is 22.1. The normalized spacial score (nSPS) is 18.6. The van der Waals surface area contributed by atoms with Gasteiger partial charge in [0.1, 0.15) is 0 Å². The number of amidine groups is 2. The second-order valence-electron chi connectivity index (χ2n) is 7.66. The molecule has 0 N–H and O–H groups in total. The van der Waals surface area contributed by atoms with Gasteiger partial charge in [0.05, 0.1) is 6.54 Å². The zero-order valence-corrected chi connectivity index (χ0v) is 19.7. The van der Waals surface area contributed by atoms with Gasteiger partial charge in [0, 0.05) is 41.4 Å². The molecule has 2 aromatic carbocycles. The highest BCUT2D eigenvalue weighted by Crippen LogP contribution is 2.28. The SMILES string of the molecule is Cc1ccc(SCC[N+]2=C(Sc3ccc(C)cc3)N=C3C2C(=O)N(C)C(=O)N3C)cc1. The van der Waals surface area contributed by atoms with Crippen molar-refractivity contribution in [1.82, 2.24) is 9.80 Å². The van der Waals surface area contributed by atoms with E-state index in [9.17, 15) is 9.59 Å². The van der Waals surface area contributed by atoms with E-state index in [2.05, 4.69) is 62.4 Å².